The predicted octanol–water partition coefficient (Wildman–Crippen LogP) is 4.62. The smallest absolute Gasteiger partial charge is 0.230 e. The van der Waals surface area contributed by atoms with Crippen molar-refractivity contribution < 1.29 is 9.26 Å². The number of hydrogen-bond donors (Lipinski definition) is 1. The molecular weight excluding hydrogens is 308 g/mol. The maximum atomic E-state index is 6.10. The lowest BCUT2D eigenvalue weighted by Gasteiger charge is -2.08. The third kappa shape index (κ3) is 2.50. The first-order valence-corrected chi connectivity index (χ1v) is 7.45. The molecule has 0 aliphatic heterocycles. The maximum absolute atomic E-state index is 6.10. The van der Waals surface area contributed by atoms with Crippen LogP contribution in [0.2, 0.25) is 5.02 Å². The minimum atomic E-state index is 0.247. The van der Waals surface area contributed by atoms with Crippen molar-refractivity contribution in [2.45, 2.75) is 6.92 Å². The van der Waals surface area contributed by atoms with Gasteiger partial charge in [-0.2, -0.15) is 0 Å². The Morgan fingerprint density at radius 3 is 2.76 bits per heavy atom. The lowest BCUT2D eigenvalue weighted by atomic mass is 10.0. The Bertz CT molecular complexity index is 795. The summed E-state index contributed by atoms with van der Waals surface area (Å²) in [6, 6.07) is 9.39. The molecule has 108 valence electrons. The zero-order valence-corrected chi connectivity index (χ0v) is 13.1. The second-order valence-corrected chi connectivity index (χ2v) is 6.25. The number of halogens is 1. The van der Waals surface area contributed by atoms with E-state index in [4.69, 9.17) is 26.6 Å². The summed E-state index contributed by atoms with van der Waals surface area (Å²) in [6.45, 7) is 2.04. The fourth-order valence-electron chi connectivity index (χ4n) is 2.17. The highest BCUT2D eigenvalue weighted by Crippen LogP contribution is 2.43. The summed E-state index contributed by atoms with van der Waals surface area (Å²) in [4.78, 5) is 2.18. The first kappa shape index (κ1) is 14.0. The Morgan fingerprint density at radius 2 is 2.10 bits per heavy atom. The van der Waals surface area contributed by atoms with Gasteiger partial charge in [-0.05, 0) is 37.3 Å². The third-order valence-electron chi connectivity index (χ3n) is 3.12. The number of methoxy groups -OCH3 is 1. The van der Waals surface area contributed by atoms with Gasteiger partial charge in [0.1, 0.15) is 11.4 Å². The number of ether oxygens (including phenoxy) is 1. The fraction of sp³-hybridized carbons (Fsp3) is 0.133. The monoisotopic (exact) mass is 320 g/mol. The minimum Gasteiger partial charge on any atom is -0.496 e. The number of nitrogens with two attached hydrogens (primary N) is 1. The Morgan fingerprint density at radius 1 is 1.29 bits per heavy atom. The van der Waals surface area contributed by atoms with Gasteiger partial charge in [0.15, 0.2) is 0 Å². The van der Waals surface area contributed by atoms with E-state index < -0.39 is 0 Å². The highest BCUT2D eigenvalue weighted by molar-refractivity contribution is 7.15. The minimum absolute atomic E-state index is 0.247. The summed E-state index contributed by atoms with van der Waals surface area (Å²) in [5.74, 6) is 0.917. The molecule has 2 aromatic heterocycles. The normalized spacial score (nSPS) is 10.8. The lowest BCUT2D eigenvalue weighted by molar-refractivity contribution is 0.416. The van der Waals surface area contributed by atoms with Crippen molar-refractivity contribution in [2.75, 3.05) is 12.8 Å². The van der Waals surface area contributed by atoms with Crippen LogP contribution >= 0.6 is 22.9 Å². The van der Waals surface area contributed by atoms with Gasteiger partial charge < -0.3 is 15.0 Å². The number of nitrogen functional groups attached to an aromatic ring is 1. The highest BCUT2D eigenvalue weighted by atomic mass is 35.5. The summed E-state index contributed by atoms with van der Waals surface area (Å²) in [7, 11) is 1.60. The standard InChI is InChI=1S/C15H13ClN2O2S/c1-8-3-6-12(21-8)14-13(15(17)20-18-14)10-7-9(16)4-5-11(10)19-2/h3-7H,17H2,1-2H3. The number of rotatable bonds is 3. The van der Waals surface area contributed by atoms with E-state index in [1.54, 1.807) is 36.6 Å². The van der Waals surface area contributed by atoms with Crippen molar-refractivity contribution in [1.82, 2.24) is 5.16 Å². The SMILES string of the molecule is COc1ccc(Cl)cc1-c1c(-c2ccc(C)s2)noc1N. The van der Waals surface area contributed by atoms with Crippen molar-refractivity contribution in [3.05, 3.63) is 40.2 Å². The molecule has 0 aliphatic rings. The number of aromatic nitrogens is 1. The first-order chi connectivity index (χ1) is 10.1. The quantitative estimate of drug-likeness (QED) is 0.764. The lowest BCUT2D eigenvalue weighted by Crippen LogP contribution is -1.91. The third-order valence-corrected chi connectivity index (χ3v) is 4.37. The number of hydrogen-bond acceptors (Lipinski definition) is 5. The van der Waals surface area contributed by atoms with Crippen LogP contribution in [0.15, 0.2) is 34.9 Å². The summed E-state index contributed by atoms with van der Waals surface area (Å²) in [5, 5.41) is 4.69. The predicted molar refractivity (Wildman–Crippen MR) is 86.0 cm³/mol. The molecule has 0 aliphatic carbocycles. The molecule has 0 bridgehead atoms. The summed E-state index contributed by atoms with van der Waals surface area (Å²) < 4.78 is 10.6. The Kier molecular flexibility index (Phi) is 3.61. The van der Waals surface area contributed by atoms with Gasteiger partial charge >= 0.3 is 0 Å². The van der Waals surface area contributed by atoms with Gasteiger partial charge in [-0.15, -0.1) is 11.3 Å². The molecule has 21 heavy (non-hydrogen) atoms. The molecule has 0 radical (unpaired) electrons. The van der Waals surface area contributed by atoms with Crippen molar-refractivity contribution in [3.8, 4) is 27.4 Å². The number of aryl methyl sites for hydroxylation is 1. The van der Waals surface area contributed by atoms with Crippen LogP contribution in [-0.2, 0) is 0 Å². The molecule has 3 rings (SSSR count). The van der Waals surface area contributed by atoms with E-state index in [0.29, 0.717) is 22.0 Å². The molecule has 2 N–H and O–H groups in total. The number of benzene rings is 1. The van der Waals surface area contributed by atoms with E-state index in [9.17, 15) is 0 Å². The zero-order chi connectivity index (χ0) is 15.0. The second-order valence-electron chi connectivity index (χ2n) is 4.53. The van der Waals surface area contributed by atoms with E-state index in [2.05, 4.69) is 5.16 Å². The molecule has 2 heterocycles. The molecule has 0 atom stereocenters. The van der Waals surface area contributed by atoms with E-state index in [0.717, 1.165) is 10.4 Å². The van der Waals surface area contributed by atoms with Crippen LogP contribution in [0.25, 0.3) is 21.7 Å². The topological polar surface area (TPSA) is 61.3 Å². The summed E-state index contributed by atoms with van der Waals surface area (Å²) >= 11 is 7.73. The molecule has 0 saturated carbocycles. The van der Waals surface area contributed by atoms with E-state index >= 15 is 0 Å². The van der Waals surface area contributed by atoms with Crippen LogP contribution in [0.5, 0.6) is 5.75 Å². The van der Waals surface area contributed by atoms with Crippen LogP contribution in [0.3, 0.4) is 0 Å². The van der Waals surface area contributed by atoms with Gasteiger partial charge in [-0.1, -0.05) is 16.8 Å². The molecule has 1 aromatic carbocycles. The highest BCUT2D eigenvalue weighted by Gasteiger charge is 2.21. The fourth-order valence-corrected chi connectivity index (χ4v) is 3.20. The summed E-state index contributed by atoms with van der Waals surface area (Å²) in [6.07, 6.45) is 0. The van der Waals surface area contributed by atoms with Crippen LogP contribution in [0.1, 0.15) is 4.88 Å². The Labute approximate surface area is 131 Å². The van der Waals surface area contributed by atoms with Gasteiger partial charge in [0.05, 0.1) is 17.6 Å². The van der Waals surface area contributed by atoms with Gasteiger partial charge in [0.2, 0.25) is 5.88 Å². The molecule has 0 saturated heterocycles. The number of nitrogens with zero attached hydrogens (tertiary/aromatic N) is 1. The van der Waals surface area contributed by atoms with Crippen LogP contribution < -0.4 is 10.5 Å². The van der Waals surface area contributed by atoms with Crippen molar-refractivity contribution >= 4 is 28.8 Å². The molecule has 0 amide bonds. The number of anilines is 1. The van der Waals surface area contributed by atoms with E-state index in [1.165, 1.54) is 4.88 Å². The molecule has 0 fully saturated rings. The first-order valence-electron chi connectivity index (χ1n) is 6.26. The van der Waals surface area contributed by atoms with Crippen molar-refractivity contribution in [1.29, 1.82) is 0 Å². The average Bonchev–Trinajstić information content (AvgIpc) is 3.04. The van der Waals surface area contributed by atoms with Crippen molar-refractivity contribution in [3.63, 3.8) is 0 Å². The maximum Gasteiger partial charge on any atom is 0.230 e. The molecule has 0 spiro atoms. The molecule has 3 aromatic rings. The molecule has 6 heteroatoms. The molecule has 0 unspecified atom stereocenters. The largest absolute Gasteiger partial charge is 0.496 e. The van der Waals surface area contributed by atoms with Crippen LogP contribution in [-0.4, -0.2) is 12.3 Å². The Balaban J connectivity index is 2.24. The van der Waals surface area contributed by atoms with E-state index in [-0.39, 0.29) is 5.88 Å². The summed E-state index contributed by atoms with van der Waals surface area (Å²) in [5.41, 5.74) is 8.14. The Hall–Kier alpha value is -1.98. The van der Waals surface area contributed by atoms with Crippen molar-refractivity contribution in [2.24, 2.45) is 0 Å². The zero-order valence-electron chi connectivity index (χ0n) is 11.5. The van der Waals surface area contributed by atoms with E-state index in [1.807, 2.05) is 19.1 Å². The second kappa shape index (κ2) is 5.42. The van der Waals surface area contributed by atoms with Crippen LogP contribution in [0, 0.1) is 6.92 Å². The van der Waals surface area contributed by atoms with Gasteiger partial charge in [-0.25, -0.2) is 0 Å². The molecular formula is C15H13ClN2O2S. The van der Waals surface area contributed by atoms with Gasteiger partial charge in [0.25, 0.3) is 0 Å². The number of thiophene rings is 1. The average molecular weight is 321 g/mol. The van der Waals surface area contributed by atoms with Crippen LogP contribution in [0.4, 0.5) is 5.88 Å². The molecule has 4 nitrogen and oxygen atoms in total. The van der Waals surface area contributed by atoms with Gasteiger partial charge in [-0.3, -0.25) is 0 Å². The van der Waals surface area contributed by atoms with Gasteiger partial charge in [0, 0.05) is 15.5 Å².